The molecule has 0 saturated carbocycles. The van der Waals surface area contributed by atoms with Crippen LogP contribution in [0.25, 0.3) is 10.8 Å². The summed E-state index contributed by atoms with van der Waals surface area (Å²) in [6.45, 7) is 6.26. The van der Waals surface area contributed by atoms with Gasteiger partial charge in [-0.15, -0.1) is 0 Å². The van der Waals surface area contributed by atoms with Gasteiger partial charge in [-0.1, -0.05) is 50.2 Å². The zero-order valence-electron chi connectivity index (χ0n) is 14.1. The number of hydrogen-bond donors (Lipinski definition) is 0. The Balaban J connectivity index is 1.89. The monoisotopic (exact) mass is 322 g/mol. The Kier molecular flexibility index (Phi) is 3.87. The summed E-state index contributed by atoms with van der Waals surface area (Å²) in [6, 6.07) is 12.9. The van der Waals surface area contributed by atoms with E-state index in [1.54, 1.807) is 12.5 Å². The molecule has 1 aliphatic rings. The maximum absolute atomic E-state index is 6.14. The van der Waals surface area contributed by atoms with E-state index in [1.807, 2.05) is 10.8 Å². The number of fused-ring (bicyclic) bond motifs is 1. The molecule has 1 saturated heterocycles. The van der Waals surface area contributed by atoms with Crippen LogP contribution >= 0.6 is 0 Å². The summed E-state index contributed by atoms with van der Waals surface area (Å²) in [4.78, 5) is 4.14. The number of rotatable bonds is 4. The van der Waals surface area contributed by atoms with Gasteiger partial charge in [-0.05, 0) is 22.3 Å². The normalized spacial score (nSPS) is 17.0. The first kappa shape index (κ1) is 15.4. The molecule has 0 radical (unpaired) electrons. The summed E-state index contributed by atoms with van der Waals surface area (Å²) >= 11 is 0. The van der Waals surface area contributed by atoms with E-state index in [-0.39, 0.29) is 0 Å². The highest BCUT2D eigenvalue weighted by Crippen LogP contribution is 2.39. The molecule has 0 amide bonds. The molecule has 4 rings (SSSR count). The van der Waals surface area contributed by atoms with Crippen LogP contribution in [-0.4, -0.2) is 22.8 Å². The molecule has 1 aromatic heterocycles. The lowest BCUT2D eigenvalue weighted by atomic mass is 9.90. The molecule has 0 spiro atoms. The zero-order valence-corrected chi connectivity index (χ0v) is 14.1. The maximum atomic E-state index is 6.14. The third-order valence-corrected chi connectivity index (χ3v) is 4.69. The molecule has 3 aromatic rings. The first-order chi connectivity index (χ1) is 11.7. The molecule has 124 valence electrons. The van der Waals surface area contributed by atoms with Gasteiger partial charge in [0, 0.05) is 18.0 Å². The van der Waals surface area contributed by atoms with Crippen LogP contribution in [0.1, 0.15) is 30.9 Å². The number of imidazole rings is 1. The second kappa shape index (κ2) is 6.04. The van der Waals surface area contributed by atoms with E-state index in [9.17, 15) is 0 Å². The van der Waals surface area contributed by atoms with Crippen LogP contribution in [0.2, 0.25) is 0 Å². The lowest BCUT2D eigenvalue weighted by molar-refractivity contribution is -0.175. The smallest absolute Gasteiger partial charge is 0.214 e. The fourth-order valence-electron chi connectivity index (χ4n) is 3.57. The number of hydrogen-bond acceptors (Lipinski definition) is 3. The second-order valence-corrected chi connectivity index (χ2v) is 6.59. The Hall–Kier alpha value is -2.17. The van der Waals surface area contributed by atoms with Crippen molar-refractivity contribution >= 4 is 10.8 Å². The quantitative estimate of drug-likeness (QED) is 0.727. The molecule has 2 heterocycles. The molecule has 24 heavy (non-hydrogen) atoms. The first-order valence-corrected chi connectivity index (χ1v) is 8.45. The van der Waals surface area contributed by atoms with Crippen LogP contribution < -0.4 is 0 Å². The van der Waals surface area contributed by atoms with Crippen LogP contribution in [-0.2, 0) is 21.8 Å². The summed E-state index contributed by atoms with van der Waals surface area (Å²) in [5.74, 6) is -0.283. The Labute approximate surface area is 142 Å². The average Bonchev–Trinajstić information content (AvgIpc) is 3.26. The van der Waals surface area contributed by atoms with Crippen molar-refractivity contribution < 1.29 is 9.47 Å². The van der Waals surface area contributed by atoms with E-state index in [1.165, 1.54) is 16.3 Å². The minimum Gasteiger partial charge on any atom is -0.342 e. The van der Waals surface area contributed by atoms with Crippen molar-refractivity contribution in [3.63, 3.8) is 0 Å². The molecule has 0 unspecified atom stereocenters. The zero-order chi connectivity index (χ0) is 16.6. The van der Waals surface area contributed by atoms with Crippen LogP contribution in [0.3, 0.4) is 0 Å². The summed E-state index contributed by atoms with van der Waals surface area (Å²) < 4.78 is 14.3. The van der Waals surface area contributed by atoms with Crippen molar-refractivity contribution in [3.8, 4) is 0 Å². The van der Waals surface area contributed by atoms with Gasteiger partial charge in [-0.2, -0.15) is 0 Å². The van der Waals surface area contributed by atoms with Gasteiger partial charge in [0.2, 0.25) is 5.79 Å². The Morgan fingerprint density at radius 1 is 1.08 bits per heavy atom. The fraction of sp³-hybridized carbons (Fsp3) is 0.350. The van der Waals surface area contributed by atoms with Gasteiger partial charge < -0.3 is 14.0 Å². The van der Waals surface area contributed by atoms with E-state index in [2.05, 4.69) is 55.2 Å². The van der Waals surface area contributed by atoms with Crippen molar-refractivity contribution in [2.24, 2.45) is 0 Å². The van der Waals surface area contributed by atoms with Gasteiger partial charge in [0.25, 0.3) is 0 Å². The molecule has 0 aliphatic carbocycles. The lowest BCUT2D eigenvalue weighted by Crippen LogP contribution is -2.32. The van der Waals surface area contributed by atoms with Gasteiger partial charge >= 0.3 is 0 Å². The predicted octanol–water partition coefficient (Wildman–Crippen LogP) is 4.06. The fourth-order valence-corrected chi connectivity index (χ4v) is 3.57. The van der Waals surface area contributed by atoms with Gasteiger partial charge in [-0.3, -0.25) is 0 Å². The Bertz CT molecular complexity index is 834. The summed E-state index contributed by atoms with van der Waals surface area (Å²) in [7, 11) is 0. The molecule has 2 aromatic carbocycles. The highest BCUT2D eigenvalue weighted by atomic mass is 16.7. The summed E-state index contributed by atoms with van der Waals surface area (Å²) in [5.41, 5.74) is 2.44. The average molecular weight is 322 g/mol. The third kappa shape index (κ3) is 2.52. The molecule has 4 nitrogen and oxygen atoms in total. The molecule has 0 bridgehead atoms. The molecule has 1 fully saturated rings. The van der Waals surface area contributed by atoms with Gasteiger partial charge in [0.15, 0.2) is 0 Å². The standard InChI is InChI=1S/C20H22N2O2/c1-15(2)16-7-8-19(18-6-4-3-5-17(16)18)20(23-11-12-24-20)13-22-10-9-21-14-22/h3-10,14-15H,11-13H2,1-2H3. The van der Waals surface area contributed by atoms with E-state index in [4.69, 9.17) is 9.47 Å². The van der Waals surface area contributed by atoms with E-state index in [0.717, 1.165) is 5.56 Å². The van der Waals surface area contributed by atoms with E-state index in [0.29, 0.717) is 25.7 Å². The largest absolute Gasteiger partial charge is 0.342 e. The Morgan fingerprint density at radius 2 is 1.83 bits per heavy atom. The van der Waals surface area contributed by atoms with Crippen molar-refractivity contribution in [1.29, 1.82) is 0 Å². The minimum atomic E-state index is -0.754. The maximum Gasteiger partial charge on any atom is 0.214 e. The van der Waals surface area contributed by atoms with Crippen LogP contribution in [0, 0.1) is 0 Å². The predicted molar refractivity (Wildman–Crippen MR) is 93.8 cm³/mol. The number of aromatic nitrogens is 2. The van der Waals surface area contributed by atoms with Gasteiger partial charge in [-0.25, -0.2) is 4.98 Å². The van der Waals surface area contributed by atoms with Gasteiger partial charge in [0.1, 0.15) is 0 Å². The van der Waals surface area contributed by atoms with E-state index >= 15 is 0 Å². The number of ether oxygens (including phenoxy) is 2. The lowest BCUT2D eigenvalue weighted by Gasteiger charge is -2.30. The van der Waals surface area contributed by atoms with Crippen molar-refractivity contribution in [1.82, 2.24) is 9.55 Å². The first-order valence-electron chi connectivity index (χ1n) is 8.45. The highest BCUT2D eigenvalue weighted by Gasteiger charge is 2.40. The number of nitrogens with zero attached hydrogens (tertiary/aromatic N) is 2. The molecule has 4 heteroatoms. The Morgan fingerprint density at radius 3 is 2.50 bits per heavy atom. The van der Waals surface area contributed by atoms with Crippen molar-refractivity contribution in [2.45, 2.75) is 32.1 Å². The summed E-state index contributed by atoms with van der Waals surface area (Å²) in [6.07, 6.45) is 5.53. The third-order valence-electron chi connectivity index (χ3n) is 4.69. The topological polar surface area (TPSA) is 36.3 Å². The van der Waals surface area contributed by atoms with E-state index < -0.39 is 5.79 Å². The van der Waals surface area contributed by atoms with Crippen LogP contribution in [0.5, 0.6) is 0 Å². The number of benzene rings is 2. The van der Waals surface area contributed by atoms with Crippen LogP contribution in [0.15, 0.2) is 55.1 Å². The molecule has 0 atom stereocenters. The molecule has 1 aliphatic heterocycles. The SMILES string of the molecule is CC(C)c1ccc(C2(Cn3ccnc3)OCCO2)c2ccccc12. The minimum absolute atomic E-state index is 0.471. The summed E-state index contributed by atoms with van der Waals surface area (Å²) in [5, 5.41) is 2.47. The molecule has 0 N–H and O–H groups in total. The highest BCUT2D eigenvalue weighted by molar-refractivity contribution is 5.89. The molecular weight excluding hydrogens is 300 g/mol. The van der Waals surface area contributed by atoms with Crippen molar-refractivity contribution in [2.75, 3.05) is 13.2 Å². The van der Waals surface area contributed by atoms with Crippen molar-refractivity contribution in [3.05, 3.63) is 66.2 Å². The van der Waals surface area contributed by atoms with Gasteiger partial charge in [0.05, 0.1) is 26.1 Å². The second-order valence-electron chi connectivity index (χ2n) is 6.59. The van der Waals surface area contributed by atoms with Crippen LogP contribution in [0.4, 0.5) is 0 Å². The molecular formula is C20H22N2O2.